The van der Waals surface area contributed by atoms with E-state index in [0.29, 0.717) is 93.7 Å². The van der Waals surface area contributed by atoms with Gasteiger partial charge in [0.2, 0.25) is 0 Å². The number of hydrogen-bond donors (Lipinski definition) is 4. The lowest BCUT2D eigenvalue weighted by atomic mass is 9.94. The lowest BCUT2D eigenvalue weighted by Gasteiger charge is -2.15. The molecule has 0 saturated heterocycles. The van der Waals surface area contributed by atoms with E-state index in [9.17, 15) is 19.2 Å². The smallest absolute Gasteiger partial charge is 0.251 e. The summed E-state index contributed by atoms with van der Waals surface area (Å²) in [5, 5.41) is 12.0. The molecule has 0 radical (unpaired) electrons. The molecule has 48 heavy (non-hydrogen) atoms. The summed E-state index contributed by atoms with van der Waals surface area (Å²) in [6.45, 7) is 1.87. The summed E-state index contributed by atoms with van der Waals surface area (Å²) < 4.78 is 0. The van der Waals surface area contributed by atoms with Crippen molar-refractivity contribution in [3.8, 4) is 22.3 Å². The summed E-state index contributed by atoms with van der Waals surface area (Å²) in [4.78, 5) is 52.9. The minimum absolute atomic E-state index is 0.198. The molecular weight excluding hydrogens is 681 g/mol. The Morgan fingerprint density at radius 1 is 0.312 bits per heavy atom. The number of benzene rings is 4. The molecule has 0 atom stereocenters. The zero-order valence-corrected chi connectivity index (χ0v) is 29.4. The van der Waals surface area contributed by atoms with Crippen LogP contribution in [0.15, 0.2) is 97.1 Å². The van der Waals surface area contributed by atoms with Crippen LogP contribution >= 0.6 is 43.2 Å². The number of carbonyl (C=O) groups is 4. The second-order valence-corrected chi connectivity index (χ2v) is 15.9. The maximum Gasteiger partial charge on any atom is 0.251 e. The topological polar surface area (TPSA) is 116 Å². The van der Waals surface area contributed by atoms with E-state index in [4.69, 9.17) is 0 Å². The summed E-state index contributed by atoms with van der Waals surface area (Å²) in [6, 6.07) is 29.3. The van der Waals surface area contributed by atoms with Crippen molar-refractivity contribution in [2.24, 2.45) is 0 Å². The van der Waals surface area contributed by atoms with E-state index in [2.05, 4.69) is 21.3 Å². The molecule has 0 unspecified atom stereocenters. The Bertz CT molecular complexity index is 1500. The summed E-state index contributed by atoms with van der Waals surface area (Å²) in [7, 11) is 6.48. The summed E-state index contributed by atoms with van der Waals surface area (Å²) in [5.74, 6) is 1.95. The molecule has 0 spiro atoms. The van der Waals surface area contributed by atoms with Crippen LogP contribution in [0.25, 0.3) is 22.3 Å². The highest BCUT2D eigenvalue weighted by atomic mass is 33.1. The lowest BCUT2D eigenvalue weighted by Crippen LogP contribution is -2.28. The van der Waals surface area contributed by atoms with E-state index < -0.39 is 0 Å². The SMILES string of the molecule is O=C1NCCSSCCNC(=O)c2ccccc2-c2ccccc2C(=O)NCCSSCCNC(=O)c2ccccc2-c2ccccc21. The quantitative estimate of drug-likeness (QED) is 0.154. The van der Waals surface area contributed by atoms with Crippen molar-refractivity contribution in [3.63, 3.8) is 0 Å². The third-order valence-electron chi connectivity index (χ3n) is 7.32. The van der Waals surface area contributed by atoms with Gasteiger partial charge in [0.25, 0.3) is 23.6 Å². The van der Waals surface area contributed by atoms with Crippen LogP contribution < -0.4 is 21.3 Å². The normalized spacial score (nSPS) is 16.2. The van der Waals surface area contributed by atoms with Crippen LogP contribution in [0.5, 0.6) is 0 Å². The molecule has 4 aromatic rings. The fourth-order valence-electron chi connectivity index (χ4n) is 5.11. The number of hydrogen-bond acceptors (Lipinski definition) is 8. The fourth-order valence-corrected chi connectivity index (χ4v) is 8.73. The highest BCUT2D eigenvalue weighted by molar-refractivity contribution is 8.77. The molecule has 0 bridgehead atoms. The second-order valence-electron chi connectivity index (χ2n) is 10.5. The monoisotopic (exact) mass is 716 g/mol. The van der Waals surface area contributed by atoms with Gasteiger partial charge in [-0.25, -0.2) is 0 Å². The molecule has 4 amide bonds. The van der Waals surface area contributed by atoms with Crippen LogP contribution in [0.1, 0.15) is 41.4 Å². The molecule has 0 aromatic heterocycles. The van der Waals surface area contributed by atoms with E-state index in [1.165, 1.54) is 0 Å². The number of rotatable bonds is 0. The Labute approximate surface area is 296 Å². The zero-order chi connectivity index (χ0) is 33.6. The third kappa shape index (κ3) is 9.62. The predicted octanol–water partition coefficient (Wildman–Crippen LogP) is 6.42. The summed E-state index contributed by atoms with van der Waals surface area (Å²) >= 11 is 0. The van der Waals surface area contributed by atoms with Gasteiger partial charge >= 0.3 is 0 Å². The first-order chi connectivity index (χ1) is 23.5. The van der Waals surface area contributed by atoms with Crippen molar-refractivity contribution in [2.45, 2.75) is 0 Å². The zero-order valence-electron chi connectivity index (χ0n) is 26.2. The molecule has 0 fully saturated rings. The van der Waals surface area contributed by atoms with Gasteiger partial charge in [-0.05, 0) is 46.5 Å². The van der Waals surface area contributed by atoms with E-state index in [-0.39, 0.29) is 23.6 Å². The van der Waals surface area contributed by atoms with Crippen molar-refractivity contribution in [2.75, 3.05) is 49.2 Å². The minimum Gasteiger partial charge on any atom is -0.351 e. The Morgan fingerprint density at radius 2 is 0.500 bits per heavy atom. The molecule has 4 aromatic carbocycles. The lowest BCUT2D eigenvalue weighted by molar-refractivity contribution is 0.0946. The van der Waals surface area contributed by atoms with E-state index in [1.807, 2.05) is 72.8 Å². The van der Waals surface area contributed by atoms with E-state index >= 15 is 0 Å². The molecule has 8 nitrogen and oxygen atoms in total. The third-order valence-corrected chi connectivity index (χ3v) is 12.1. The molecule has 4 N–H and O–H groups in total. The molecule has 0 saturated carbocycles. The first-order valence-electron chi connectivity index (χ1n) is 15.5. The van der Waals surface area contributed by atoms with Crippen LogP contribution in [-0.4, -0.2) is 72.8 Å². The van der Waals surface area contributed by atoms with Crippen molar-refractivity contribution >= 4 is 66.8 Å². The van der Waals surface area contributed by atoms with Crippen molar-refractivity contribution in [1.29, 1.82) is 0 Å². The van der Waals surface area contributed by atoms with E-state index in [0.717, 1.165) is 0 Å². The van der Waals surface area contributed by atoms with Crippen LogP contribution in [-0.2, 0) is 0 Å². The van der Waals surface area contributed by atoms with Gasteiger partial charge in [0.15, 0.2) is 0 Å². The molecule has 5 rings (SSSR count). The molecule has 1 aliphatic rings. The van der Waals surface area contributed by atoms with Gasteiger partial charge in [0, 0.05) is 71.4 Å². The summed E-state index contributed by atoms with van der Waals surface area (Å²) in [5.41, 5.74) is 4.82. The molecule has 1 heterocycles. The Hall–Kier alpha value is -3.84. The van der Waals surface area contributed by atoms with E-state index in [1.54, 1.807) is 67.4 Å². The number of nitrogens with one attached hydrogen (secondary N) is 4. The van der Waals surface area contributed by atoms with Gasteiger partial charge in [-0.3, -0.25) is 19.2 Å². The predicted molar refractivity (Wildman–Crippen MR) is 203 cm³/mol. The molecule has 1 aliphatic heterocycles. The Balaban J connectivity index is 1.28. The van der Waals surface area contributed by atoms with Gasteiger partial charge < -0.3 is 21.3 Å². The van der Waals surface area contributed by atoms with Crippen LogP contribution in [0, 0.1) is 0 Å². The molecular formula is C36H36N4O4S4. The first kappa shape index (κ1) is 35.5. The first-order valence-corrected chi connectivity index (χ1v) is 20.5. The van der Waals surface area contributed by atoms with Crippen molar-refractivity contribution < 1.29 is 19.2 Å². The maximum atomic E-state index is 13.2. The average Bonchev–Trinajstić information content (AvgIpc) is 3.13. The Kier molecular flexibility index (Phi) is 13.8. The van der Waals surface area contributed by atoms with Crippen LogP contribution in [0.4, 0.5) is 0 Å². The number of carbonyl (C=O) groups excluding carboxylic acids is 4. The Morgan fingerprint density at radius 3 is 0.708 bits per heavy atom. The van der Waals surface area contributed by atoms with Gasteiger partial charge in [0.05, 0.1) is 0 Å². The largest absolute Gasteiger partial charge is 0.351 e. The minimum atomic E-state index is -0.198. The second kappa shape index (κ2) is 18.6. The highest BCUT2D eigenvalue weighted by Gasteiger charge is 2.19. The van der Waals surface area contributed by atoms with Crippen LogP contribution in [0.2, 0.25) is 0 Å². The number of fused-ring (bicyclic) bond motifs is 6. The number of amides is 4. The van der Waals surface area contributed by atoms with Crippen LogP contribution in [0.3, 0.4) is 0 Å². The average molecular weight is 717 g/mol. The molecule has 248 valence electrons. The molecule has 12 heteroatoms. The van der Waals surface area contributed by atoms with Gasteiger partial charge in [-0.1, -0.05) is 116 Å². The van der Waals surface area contributed by atoms with Gasteiger partial charge in [-0.15, -0.1) is 0 Å². The van der Waals surface area contributed by atoms with Gasteiger partial charge in [0.1, 0.15) is 0 Å². The standard InChI is InChI=1S/C36H36N4O4S4/c41-33-29-13-5-1-9-25(29)26-10-2-6-14-30(26)34(42)38-18-22-46-48-24-20-40-36(44)32-16-8-4-12-28(32)27-11-3-7-15-31(27)35(43)39-19-23-47-45-21-17-37-33/h1-16H,17-24H2,(H,37,41)(H,38,42)(H,39,43)(H,40,44). The van der Waals surface area contributed by atoms with Crippen molar-refractivity contribution in [1.82, 2.24) is 21.3 Å². The fraction of sp³-hybridized carbons (Fsp3) is 0.222. The van der Waals surface area contributed by atoms with Gasteiger partial charge in [-0.2, -0.15) is 0 Å². The van der Waals surface area contributed by atoms with Crippen molar-refractivity contribution in [3.05, 3.63) is 119 Å². The highest BCUT2D eigenvalue weighted by Crippen LogP contribution is 2.29. The summed E-state index contributed by atoms with van der Waals surface area (Å²) in [6.07, 6.45) is 0. The molecule has 0 aliphatic carbocycles. The maximum absolute atomic E-state index is 13.2.